The average Bonchev–Trinajstić information content (AvgIpc) is 3.06. The predicted molar refractivity (Wildman–Crippen MR) is 120 cm³/mol. The van der Waals surface area contributed by atoms with Gasteiger partial charge in [0.2, 0.25) is 5.91 Å². The van der Waals surface area contributed by atoms with Crippen LogP contribution in [0.1, 0.15) is 37.1 Å². The van der Waals surface area contributed by atoms with Gasteiger partial charge in [0, 0.05) is 30.8 Å². The van der Waals surface area contributed by atoms with Crippen LogP contribution in [0.4, 0.5) is 15.8 Å². The molecular weight excluding hydrogens is 425 g/mol. The van der Waals surface area contributed by atoms with Gasteiger partial charge in [0.1, 0.15) is 17.4 Å². The zero-order chi connectivity index (χ0) is 22.8. The van der Waals surface area contributed by atoms with E-state index in [1.807, 2.05) is 10.6 Å². The number of amides is 2. The summed E-state index contributed by atoms with van der Waals surface area (Å²) in [6, 6.07) is 9.73. The second-order valence-corrected chi connectivity index (χ2v) is 8.30. The Morgan fingerprint density at radius 1 is 1.09 bits per heavy atom. The highest BCUT2D eigenvalue weighted by atomic mass is 19.1. The molecule has 2 amide bonds. The third-order valence-electron chi connectivity index (χ3n) is 5.94. The molecule has 5 rings (SSSR count). The van der Waals surface area contributed by atoms with Crippen molar-refractivity contribution < 1.29 is 18.7 Å². The van der Waals surface area contributed by atoms with Crippen LogP contribution in [0.25, 0.3) is 11.4 Å². The first kappa shape index (κ1) is 21.1. The number of aryl methyl sites for hydroxylation is 2. The molecule has 33 heavy (non-hydrogen) atoms. The molecule has 0 fully saturated rings. The van der Waals surface area contributed by atoms with Crippen molar-refractivity contribution in [2.24, 2.45) is 0 Å². The fourth-order valence-electron chi connectivity index (χ4n) is 4.25. The van der Waals surface area contributed by atoms with Gasteiger partial charge in [-0.05, 0) is 61.2 Å². The van der Waals surface area contributed by atoms with E-state index >= 15 is 0 Å². The number of anilines is 2. The first-order valence-electron chi connectivity index (χ1n) is 11.1. The highest BCUT2D eigenvalue weighted by molar-refractivity contribution is 5.94. The minimum Gasteiger partial charge on any atom is -0.484 e. The Morgan fingerprint density at radius 3 is 2.91 bits per heavy atom. The number of halogens is 1. The highest BCUT2D eigenvalue weighted by Crippen LogP contribution is 2.28. The molecule has 0 spiro atoms. The molecule has 0 radical (unpaired) electrons. The minimum atomic E-state index is -0.412. The predicted octanol–water partition coefficient (Wildman–Crippen LogP) is 3.71. The lowest BCUT2D eigenvalue weighted by Gasteiger charge is -2.17. The fraction of sp³-hybridized carbons (Fsp3) is 0.333. The summed E-state index contributed by atoms with van der Waals surface area (Å²) >= 11 is 0. The van der Waals surface area contributed by atoms with Gasteiger partial charge in [0.05, 0.1) is 5.56 Å². The molecule has 3 aromatic rings. The van der Waals surface area contributed by atoms with E-state index in [9.17, 15) is 14.0 Å². The highest BCUT2D eigenvalue weighted by Gasteiger charge is 2.20. The van der Waals surface area contributed by atoms with Gasteiger partial charge in [0.15, 0.2) is 12.4 Å². The molecule has 0 saturated heterocycles. The number of benzene rings is 2. The van der Waals surface area contributed by atoms with Crippen LogP contribution in [0.5, 0.6) is 5.75 Å². The number of hydrogen-bond acceptors (Lipinski definition) is 5. The smallest absolute Gasteiger partial charge is 0.262 e. The van der Waals surface area contributed by atoms with Crippen LogP contribution in [-0.2, 0) is 29.0 Å². The minimum absolute atomic E-state index is 0.00332. The van der Waals surface area contributed by atoms with E-state index < -0.39 is 5.82 Å². The molecule has 9 heteroatoms. The lowest BCUT2D eigenvalue weighted by atomic mass is 10.0. The van der Waals surface area contributed by atoms with Crippen LogP contribution in [0.15, 0.2) is 36.4 Å². The van der Waals surface area contributed by atoms with Gasteiger partial charge in [-0.3, -0.25) is 9.59 Å². The van der Waals surface area contributed by atoms with Crippen molar-refractivity contribution in [3.8, 4) is 17.1 Å². The van der Waals surface area contributed by atoms with Gasteiger partial charge in [-0.1, -0.05) is 6.42 Å². The van der Waals surface area contributed by atoms with Crippen LogP contribution >= 0.6 is 0 Å². The van der Waals surface area contributed by atoms with E-state index in [4.69, 9.17) is 4.74 Å². The summed E-state index contributed by atoms with van der Waals surface area (Å²) in [5, 5.41) is 14.0. The van der Waals surface area contributed by atoms with E-state index in [0.717, 1.165) is 49.3 Å². The molecule has 170 valence electrons. The molecule has 3 heterocycles. The van der Waals surface area contributed by atoms with Crippen LogP contribution in [0.2, 0.25) is 0 Å². The van der Waals surface area contributed by atoms with Gasteiger partial charge < -0.3 is 19.9 Å². The molecule has 0 saturated carbocycles. The maximum Gasteiger partial charge on any atom is 0.262 e. The molecule has 0 atom stereocenters. The molecular formula is C24H24FN5O3. The first-order valence-corrected chi connectivity index (χ1v) is 11.1. The Balaban J connectivity index is 1.26. The monoisotopic (exact) mass is 449 g/mol. The van der Waals surface area contributed by atoms with Gasteiger partial charge >= 0.3 is 0 Å². The van der Waals surface area contributed by atoms with Crippen LogP contribution < -0.4 is 15.4 Å². The molecule has 2 aliphatic rings. The summed E-state index contributed by atoms with van der Waals surface area (Å²) in [7, 11) is 0. The van der Waals surface area contributed by atoms with Crippen molar-refractivity contribution in [1.82, 2.24) is 14.8 Å². The van der Waals surface area contributed by atoms with Gasteiger partial charge in [-0.2, -0.15) is 0 Å². The number of fused-ring (bicyclic) bond motifs is 2. The zero-order valence-electron chi connectivity index (χ0n) is 18.1. The summed E-state index contributed by atoms with van der Waals surface area (Å²) in [5.41, 5.74) is 2.52. The van der Waals surface area contributed by atoms with E-state index in [1.54, 1.807) is 18.2 Å². The van der Waals surface area contributed by atoms with Crippen LogP contribution in [0, 0.1) is 5.82 Å². The second-order valence-electron chi connectivity index (χ2n) is 8.30. The number of carbonyl (C=O) groups is 2. The summed E-state index contributed by atoms with van der Waals surface area (Å²) in [5.74, 6) is 1.12. The number of aromatic nitrogens is 3. The SMILES string of the molecule is O=C(COc1ccc2c(c1)CCC(=O)N2)Nc1ccc(F)c(-c2nnc3n2CCCCC3)c1. The third-order valence-corrected chi connectivity index (χ3v) is 5.94. The largest absolute Gasteiger partial charge is 0.484 e. The molecule has 2 aliphatic heterocycles. The number of nitrogens with one attached hydrogen (secondary N) is 2. The molecule has 0 bridgehead atoms. The quantitative estimate of drug-likeness (QED) is 0.619. The molecule has 2 N–H and O–H groups in total. The van der Waals surface area contributed by atoms with Crippen molar-refractivity contribution >= 4 is 23.2 Å². The number of hydrogen-bond donors (Lipinski definition) is 2. The van der Waals surface area contributed by atoms with E-state index in [-0.39, 0.29) is 18.4 Å². The standard InChI is InChI=1S/C24H24FN5O3/c25-19-8-6-16(13-18(19)24-29-28-21-4-2-1-3-11-30(21)24)26-23(32)14-33-17-7-9-20-15(12-17)5-10-22(31)27-20/h6-9,12-13H,1-5,10-11,14H2,(H,26,32)(H,27,31). The fourth-order valence-corrected chi connectivity index (χ4v) is 4.25. The van der Waals surface area contributed by atoms with Gasteiger partial charge in [-0.15, -0.1) is 10.2 Å². The summed E-state index contributed by atoms with van der Waals surface area (Å²) < 4.78 is 22.2. The first-order chi connectivity index (χ1) is 16.1. The molecule has 1 aromatic heterocycles. The molecule has 0 aliphatic carbocycles. The van der Waals surface area contributed by atoms with Gasteiger partial charge in [0.25, 0.3) is 5.91 Å². The van der Waals surface area contributed by atoms with Crippen molar-refractivity contribution in [1.29, 1.82) is 0 Å². The Labute approximate surface area is 190 Å². The Bertz CT molecular complexity index is 1220. The maximum absolute atomic E-state index is 14.6. The van der Waals surface area contributed by atoms with Crippen molar-refractivity contribution in [3.05, 3.63) is 53.6 Å². The number of ether oxygens (including phenoxy) is 1. The Hall–Kier alpha value is -3.75. The maximum atomic E-state index is 14.6. The third kappa shape index (κ3) is 4.57. The van der Waals surface area contributed by atoms with Crippen molar-refractivity contribution in [2.75, 3.05) is 17.2 Å². The average molecular weight is 449 g/mol. The molecule has 0 unspecified atom stereocenters. The molecule has 8 nitrogen and oxygen atoms in total. The Kier molecular flexibility index (Phi) is 5.77. The topological polar surface area (TPSA) is 98.1 Å². The summed E-state index contributed by atoms with van der Waals surface area (Å²) in [6.07, 6.45) is 5.06. The van der Waals surface area contributed by atoms with E-state index in [1.165, 1.54) is 12.1 Å². The summed E-state index contributed by atoms with van der Waals surface area (Å²) in [6.45, 7) is 0.560. The number of nitrogens with zero attached hydrogens (tertiary/aromatic N) is 3. The Morgan fingerprint density at radius 2 is 2.00 bits per heavy atom. The number of rotatable bonds is 5. The second kappa shape index (κ2) is 9.01. The number of carbonyl (C=O) groups excluding carboxylic acids is 2. The molecule has 2 aromatic carbocycles. The lowest BCUT2D eigenvalue weighted by Crippen LogP contribution is -2.21. The van der Waals surface area contributed by atoms with E-state index in [0.29, 0.717) is 35.7 Å². The summed E-state index contributed by atoms with van der Waals surface area (Å²) in [4.78, 5) is 23.9. The lowest BCUT2D eigenvalue weighted by molar-refractivity contribution is -0.118. The zero-order valence-corrected chi connectivity index (χ0v) is 18.1. The normalized spacial score (nSPS) is 15.1. The van der Waals surface area contributed by atoms with Crippen molar-refractivity contribution in [3.63, 3.8) is 0 Å². The van der Waals surface area contributed by atoms with E-state index in [2.05, 4.69) is 20.8 Å². The van der Waals surface area contributed by atoms with Crippen molar-refractivity contribution in [2.45, 2.75) is 45.1 Å². The van der Waals surface area contributed by atoms with Crippen LogP contribution in [-0.4, -0.2) is 33.2 Å². The van der Waals surface area contributed by atoms with Crippen LogP contribution in [0.3, 0.4) is 0 Å². The van der Waals surface area contributed by atoms with Gasteiger partial charge in [-0.25, -0.2) is 4.39 Å².